The Bertz CT molecular complexity index is 335. The van der Waals surface area contributed by atoms with E-state index >= 15 is 0 Å². The summed E-state index contributed by atoms with van der Waals surface area (Å²) >= 11 is 0. The van der Waals surface area contributed by atoms with Crippen molar-refractivity contribution in [2.24, 2.45) is 0 Å². The monoisotopic (exact) mass is 219 g/mol. The molecule has 0 saturated carbocycles. The van der Waals surface area contributed by atoms with Crippen molar-refractivity contribution in [1.82, 2.24) is 5.32 Å². The van der Waals surface area contributed by atoms with Crippen LogP contribution in [0.5, 0.6) is 0 Å². The summed E-state index contributed by atoms with van der Waals surface area (Å²) in [5.41, 5.74) is 1.05. The van der Waals surface area contributed by atoms with Crippen LogP contribution in [0.25, 0.3) is 0 Å². The van der Waals surface area contributed by atoms with E-state index in [0.29, 0.717) is 12.8 Å². The van der Waals surface area contributed by atoms with Crippen molar-refractivity contribution in [3.8, 4) is 0 Å². The van der Waals surface area contributed by atoms with E-state index < -0.39 is 6.04 Å². The number of hydrogen-bond acceptors (Lipinski definition) is 2. The van der Waals surface area contributed by atoms with E-state index in [1.807, 2.05) is 37.3 Å². The minimum atomic E-state index is -0.415. The molecule has 86 valence electrons. The van der Waals surface area contributed by atoms with Crippen LogP contribution < -0.4 is 5.32 Å². The fourth-order valence-electron chi connectivity index (χ4n) is 1.51. The molecule has 0 aliphatic carbocycles. The van der Waals surface area contributed by atoms with E-state index in [0.717, 1.165) is 18.3 Å². The minimum absolute atomic E-state index is 0.0597. The summed E-state index contributed by atoms with van der Waals surface area (Å²) in [7, 11) is 0. The Kier molecular flexibility index (Phi) is 5.26. The van der Waals surface area contributed by atoms with E-state index in [4.69, 9.17) is 0 Å². The molecule has 1 atom stereocenters. The Morgan fingerprint density at radius 3 is 2.62 bits per heavy atom. The van der Waals surface area contributed by atoms with Crippen LogP contribution in [0.15, 0.2) is 30.3 Å². The smallest absolute Gasteiger partial charge is 0.220 e. The molecular weight excluding hydrogens is 202 g/mol. The van der Waals surface area contributed by atoms with Crippen LogP contribution in [0, 0.1) is 0 Å². The van der Waals surface area contributed by atoms with Gasteiger partial charge in [0.05, 0.1) is 6.04 Å². The quantitative estimate of drug-likeness (QED) is 0.740. The van der Waals surface area contributed by atoms with Crippen LogP contribution in [0.1, 0.15) is 25.3 Å². The Balaban J connectivity index is 2.49. The molecule has 0 heterocycles. The average Bonchev–Trinajstić information content (AvgIpc) is 2.30. The highest BCUT2D eigenvalue weighted by Crippen LogP contribution is 2.02. The first-order chi connectivity index (χ1) is 7.76. The summed E-state index contributed by atoms with van der Waals surface area (Å²) in [5, 5.41) is 2.71. The largest absolute Gasteiger partial charge is 0.346 e. The SMILES string of the molecule is CCCC(=O)N[C@H](C=O)Cc1ccccc1. The molecule has 1 N–H and O–H groups in total. The molecule has 0 aromatic heterocycles. The molecule has 0 unspecified atom stereocenters. The molecule has 1 amide bonds. The highest BCUT2D eigenvalue weighted by atomic mass is 16.2. The summed E-state index contributed by atoms with van der Waals surface area (Å²) in [4.78, 5) is 22.2. The minimum Gasteiger partial charge on any atom is -0.346 e. The van der Waals surface area contributed by atoms with Crippen LogP contribution in [0.3, 0.4) is 0 Å². The Labute approximate surface area is 95.9 Å². The number of hydrogen-bond donors (Lipinski definition) is 1. The zero-order chi connectivity index (χ0) is 11.8. The Hall–Kier alpha value is -1.64. The van der Waals surface area contributed by atoms with Gasteiger partial charge in [0.15, 0.2) is 0 Å². The molecule has 0 fully saturated rings. The number of aldehydes is 1. The van der Waals surface area contributed by atoms with Crippen LogP contribution in [-0.4, -0.2) is 18.2 Å². The fourth-order valence-corrected chi connectivity index (χ4v) is 1.51. The third kappa shape index (κ3) is 4.26. The molecule has 0 aliphatic heterocycles. The van der Waals surface area contributed by atoms with E-state index in [9.17, 15) is 9.59 Å². The van der Waals surface area contributed by atoms with E-state index in [1.165, 1.54) is 0 Å². The van der Waals surface area contributed by atoms with E-state index in [-0.39, 0.29) is 5.91 Å². The molecule has 3 nitrogen and oxygen atoms in total. The first-order valence-corrected chi connectivity index (χ1v) is 5.54. The van der Waals surface area contributed by atoms with Crippen molar-refractivity contribution < 1.29 is 9.59 Å². The second-order valence-electron chi connectivity index (χ2n) is 3.75. The molecule has 16 heavy (non-hydrogen) atoms. The molecule has 0 spiro atoms. The third-order valence-electron chi connectivity index (χ3n) is 2.29. The maximum absolute atomic E-state index is 11.3. The van der Waals surface area contributed by atoms with Crippen LogP contribution >= 0.6 is 0 Å². The van der Waals surface area contributed by atoms with Gasteiger partial charge in [0.25, 0.3) is 0 Å². The lowest BCUT2D eigenvalue weighted by Crippen LogP contribution is -2.37. The predicted molar refractivity (Wildman–Crippen MR) is 63.0 cm³/mol. The summed E-state index contributed by atoms with van der Waals surface area (Å²) in [6, 6.07) is 9.25. The van der Waals surface area contributed by atoms with Gasteiger partial charge in [0.2, 0.25) is 5.91 Å². The van der Waals surface area contributed by atoms with Gasteiger partial charge in [-0.1, -0.05) is 37.3 Å². The van der Waals surface area contributed by atoms with Gasteiger partial charge in [-0.2, -0.15) is 0 Å². The molecule has 0 bridgehead atoms. The summed E-state index contributed by atoms with van der Waals surface area (Å²) in [6.45, 7) is 1.94. The number of nitrogens with one attached hydrogen (secondary N) is 1. The number of carbonyl (C=O) groups is 2. The van der Waals surface area contributed by atoms with Gasteiger partial charge in [-0.15, -0.1) is 0 Å². The summed E-state index contributed by atoms with van der Waals surface area (Å²) in [5.74, 6) is -0.0597. The average molecular weight is 219 g/mol. The highest BCUT2D eigenvalue weighted by molar-refractivity contribution is 5.79. The van der Waals surface area contributed by atoms with Gasteiger partial charge in [-0.3, -0.25) is 4.79 Å². The van der Waals surface area contributed by atoms with Crippen LogP contribution in [0.2, 0.25) is 0 Å². The fraction of sp³-hybridized carbons (Fsp3) is 0.385. The molecule has 0 radical (unpaired) electrons. The predicted octanol–water partition coefficient (Wildman–Crippen LogP) is 1.71. The van der Waals surface area contributed by atoms with Gasteiger partial charge in [-0.25, -0.2) is 0 Å². The zero-order valence-corrected chi connectivity index (χ0v) is 9.48. The third-order valence-corrected chi connectivity index (χ3v) is 2.29. The van der Waals surface area contributed by atoms with Crippen molar-refractivity contribution in [3.05, 3.63) is 35.9 Å². The molecule has 1 aromatic carbocycles. The lowest BCUT2D eigenvalue weighted by molar-refractivity contribution is -0.124. The summed E-state index contributed by atoms with van der Waals surface area (Å²) < 4.78 is 0. The first-order valence-electron chi connectivity index (χ1n) is 5.54. The number of rotatable bonds is 6. The molecule has 0 aliphatic rings. The van der Waals surface area contributed by atoms with Crippen molar-refractivity contribution in [2.75, 3.05) is 0 Å². The van der Waals surface area contributed by atoms with Gasteiger partial charge in [0.1, 0.15) is 6.29 Å². The normalized spacial score (nSPS) is 11.8. The van der Waals surface area contributed by atoms with Crippen LogP contribution in [0.4, 0.5) is 0 Å². The second kappa shape index (κ2) is 6.77. The maximum atomic E-state index is 11.3. The van der Waals surface area contributed by atoms with Crippen LogP contribution in [-0.2, 0) is 16.0 Å². The van der Waals surface area contributed by atoms with Gasteiger partial charge in [-0.05, 0) is 18.4 Å². The van der Waals surface area contributed by atoms with Crippen molar-refractivity contribution in [3.63, 3.8) is 0 Å². The Morgan fingerprint density at radius 2 is 2.06 bits per heavy atom. The number of amides is 1. The van der Waals surface area contributed by atoms with Crippen molar-refractivity contribution in [2.45, 2.75) is 32.2 Å². The van der Waals surface area contributed by atoms with Gasteiger partial charge < -0.3 is 10.1 Å². The molecule has 1 rings (SSSR count). The maximum Gasteiger partial charge on any atom is 0.220 e. The standard InChI is InChI=1S/C13H17NO2/c1-2-6-13(16)14-12(10-15)9-11-7-4-3-5-8-11/h3-5,7-8,10,12H,2,6,9H2,1H3,(H,14,16)/t12-/m0/s1. The van der Waals surface area contributed by atoms with Gasteiger partial charge >= 0.3 is 0 Å². The topological polar surface area (TPSA) is 46.2 Å². The summed E-state index contributed by atoms with van der Waals surface area (Å²) in [6.07, 6.45) is 2.61. The van der Waals surface area contributed by atoms with E-state index in [2.05, 4.69) is 5.32 Å². The second-order valence-corrected chi connectivity index (χ2v) is 3.75. The van der Waals surface area contributed by atoms with Crippen molar-refractivity contribution in [1.29, 1.82) is 0 Å². The number of benzene rings is 1. The number of carbonyl (C=O) groups excluding carboxylic acids is 2. The molecule has 0 saturated heterocycles. The van der Waals surface area contributed by atoms with E-state index in [1.54, 1.807) is 0 Å². The Morgan fingerprint density at radius 1 is 1.38 bits per heavy atom. The molecule has 1 aromatic rings. The van der Waals surface area contributed by atoms with Gasteiger partial charge in [0, 0.05) is 6.42 Å². The molecule has 3 heteroatoms. The lowest BCUT2D eigenvalue weighted by atomic mass is 10.1. The lowest BCUT2D eigenvalue weighted by Gasteiger charge is -2.12. The zero-order valence-electron chi connectivity index (χ0n) is 9.48. The molecular formula is C13H17NO2. The van der Waals surface area contributed by atoms with Crippen molar-refractivity contribution >= 4 is 12.2 Å². The first kappa shape index (κ1) is 12.4. The highest BCUT2D eigenvalue weighted by Gasteiger charge is 2.10.